The number of hydrogen-bond donors (Lipinski definition) is 0. The summed E-state index contributed by atoms with van der Waals surface area (Å²) in [5, 5.41) is 11.6. The van der Waals surface area contributed by atoms with Gasteiger partial charge in [0.15, 0.2) is 5.91 Å². The molecule has 25 heavy (non-hydrogen) atoms. The Hall–Kier alpha value is -0.915. The van der Waals surface area contributed by atoms with Crippen LogP contribution in [0.2, 0.25) is 0 Å². The Balaban J connectivity index is 0. The predicted molar refractivity (Wildman–Crippen MR) is 87.4 cm³/mol. The molecular weight excluding hydrogens is 308 g/mol. The maximum atomic E-state index is 12.5. The van der Waals surface area contributed by atoms with E-state index in [4.69, 9.17) is 4.74 Å². The van der Waals surface area contributed by atoms with Crippen molar-refractivity contribution in [3.63, 3.8) is 0 Å². The first-order valence-electron chi connectivity index (χ1n) is 7.66. The van der Waals surface area contributed by atoms with Gasteiger partial charge in [-0.05, 0) is 39.6 Å². The van der Waals surface area contributed by atoms with Crippen LogP contribution in [0.1, 0.15) is 59.0 Å². The molecule has 0 atom stereocenters. The summed E-state index contributed by atoms with van der Waals surface area (Å²) in [6, 6.07) is 4.37. The number of aliphatic imine (C=N–C) groups is 1. The molecule has 0 aliphatic carbocycles. The molecule has 0 aromatic carbocycles. The van der Waals surface area contributed by atoms with Crippen LogP contribution in [0.5, 0.6) is 0 Å². The van der Waals surface area contributed by atoms with Gasteiger partial charge in [0.05, 0.1) is 0 Å². The molecule has 0 radical (unpaired) electrons. The molecule has 0 saturated carbocycles. The summed E-state index contributed by atoms with van der Waals surface area (Å²) >= 11 is 0. The molecule has 1 rings (SSSR count). The van der Waals surface area contributed by atoms with Crippen LogP contribution in [0.4, 0.5) is 5.69 Å². The maximum absolute atomic E-state index is 12.5. The Morgan fingerprint density at radius 3 is 2.12 bits per heavy atom. The van der Waals surface area contributed by atoms with Crippen molar-refractivity contribution >= 4 is 17.7 Å². The average molecular weight is 333 g/mol. The van der Waals surface area contributed by atoms with E-state index in [9.17, 15) is 9.90 Å². The van der Waals surface area contributed by atoms with Gasteiger partial charge in [0, 0.05) is 23.4 Å². The van der Waals surface area contributed by atoms with Crippen molar-refractivity contribution in [2.45, 2.75) is 66.2 Å². The summed E-state index contributed by atoms with van der Waals surface area (Å²) in [6.45, 7) is 13.1. The van der Waals surface area contributed by atoms with Gasteiger partial charge in [0.2, 0.25) is 0 Å². The van der Waals surface area contributed by atoms with Gasteiger partial charge in [-0.1, -0.05) is 20.8 Å². The van der Waals surface area contributed by atoms with Crippen LogP contribution in [-0.2, 0) is 4.74 Å². The first-order valence-corrected chi connectivity index (χ1v) is 7.66. The van der Waals surface area contributed by atoms with Gasteiger partial charge in [-0.2, -0.15) is 0 Å². The number of aromatic nitrogens is 1. The first kappa shape index (κ1) is 26.3. The SMILES string of the molecule is CC(C)N(C(=O)c1[c-]cc(N=C([O-])OC(C)(C)C)cn1)C(C)C.[Li+].[Li+]. The molecule has 1 aromatic rings. The summed E-state index contributed by atoms with van der Waals surface area (Å²) in [5.74, 6) is -0.196. The van der Waals surface area contributed by atoms with Crippen LogP contribution in [0.25, 0.3) is 0 Å². The Kier molecular flexibility index (Phi) is 11.5. The standard InChI is InChI=1S/C17H26N3O3.2Li/c1-11(2)20(12(3)4)15(21)14-9-8-13(10-18-14)19-16(22)23-17(5,6)7;;/h8,10-12H,1-7H3,(H,19,22);;/q-1;2*+1/p-1. The summed E-state index contributed by atoms with van der Waals surface area (Å²) in [5.41, 5.74) is -0.102. The fourth-order valence-corrected chi connectivity index (χ4v) is 2.10. The van der Waals surface area contributed by atoms with E-state index in [-0.39, 0.29) is 61.4 Å². The molecule has 0 saturated heterocycles. The first-order chi connectivity index (χ1) is 10.5. The van der Waals surface area contributed by atoms with E-state index < -0.39 is 11.7 Å². The van der Waals surface area contributed by atoms with E-state index in [0.29, 0.717) is 5.69 Å². The van der Waals surface area contributed by atoms with Gasteiger partial charge >= 0.3 is 37.7 Å². The number of ether oxygens (including phenoxy) is 1. The Morgan fingerprint density at radius 1 is 1.24 bits per heavy atom. The molecule has 1 aromatic heterocycles. The van der Waals surface area contributed by atoms with Crippen molar-refractivity contribution in [3.8, 4) is 0 Å². The largest absolute Gasteiger partial charge is 1.00 e. The van der Waals surface area contributed by atoms with Crippen molar-refractivity contribution in [2.24, 2.45) is 4.99 Å². The maximum Gasteiger partial charge on any atom is 1.00 e. The topological polar surface area (TPSA) is 77.9 Å². The molecular formula is C17H25Li2N3O3. The molecule has 1 amide bonds. The van der Waals surface area contributed by atoms with Crippen molar-refractivity contribution in [3.05, 3.63) is 24.0 Å². The van der Waals surface area contributed by atoms with E-state index in [0.717, 1.165) is 0 Å². The molecule has 0 spiro atoms. The van der Waals surface area contributed by atoms with Gasteiger partial charge in [-0.3, -0.25) is 9.98 Å². The second-order valence-corrected chi connectivity index (χ2v) is 6.81. The van der Waals surface area contributed by atoms with Gasteiger partial charge in [0.1, 0.15) is 6.08 Å². The van der Waals surface area contributed by atoms with Crippen molar-refractivity contribution < 1.29 is 52.4 Å². The quantitative estimate of drug-likeness (QED) is 0.246. The molecule has 0 bridgehead atoms. The van der Waals surface area contributed by atoms with E-state index in [2.05, 4.69) is 16.0 Å². The Morgan fingerprint density at radius 2 is 1.76 bits per heavy atom. The van der Waals surface area contributed by atoms with Gasteiger partial charge < -0.3 is 19.5 Å². The molecule has 8 heteroatoms. The molecule has 1 heterocycles. The number of amides is 1. The number of carbonyl (C=O) groups excluding carboxylic acids is 1. The molecule has 0 fully saturated rings. The van der Waals surface area contributed by atoms with Crippen LogP contribution >= 0.6 is 0 Å². The zero-order valence-corrected chi connectivity index (χ0v) is 16.9. The Labute approximate surface area is 174 Å². The normalized spacial score (nSPS) is 11.6. The van der Waals surface area contributed by atoms with E-state index in [1.807, 2.05) is 27.7 Å². The third kappa shape index (κ3) is 8.83. The number of pyridine rings is 1. The van der Waals surface area contributed by atoms with E-state index in [1.165, 1.54) is 12.3 Å². The van der Waals surface area contributed by atoms with Gasteiger partial charge in [0.25, 0.3) is 0 Å². The van der Waals surface area contributed by atoms with E-state index in [1.54, 1.807) is 25.7 Å². The number of hydrogen-bond acceptors (Lipinski definition) is 5. The van der Waals surface area contributed by atoms with Crippen molar-refractivity contribution in [2.75, 3.05) is 0 Å². The molecule has 0 aliphatic rings. The predicted octanol–water partition coefficient (Wildman–Crippen LogP) is -3.69. The molecule has 0 N–H and O–H groups in total. The van der Waals surface area contributed by atoms with Crippen LogP contribution in [0.15, 0.2) is 17.3 Å². The second-order valence-electron chi connectivity index (χ2n) is 6.81. The molecule has 128 valence electrons. The third-order valence-electron chi connectivity index (χ3n) is 2.85. The third-order valence-corrected chi connectivity index (χ3v) is 2.85. The smallest absolute Gasteiger partial charge is 0.595 e. The van der Waals surface area contributed by atoms with E-state index >= 15 is 0 Å². The van der Waals surface area contributed by atoms with Crippen LogP contribution < -0.4 is 42.8 Å². The summed E-state index contributed by atoms with van der Waals surface area (Å²) in [6.07, 6.45) is 0.671. The zero-order valence-electron chi connectivity index (χ0n) is 16.9. The molecule has 0 unspecified atom stereocenters. The molecule has 0 aliphatic heterocycles. The van der Waals surface area contributed by atoms with Crippen LogP contribution in [0.3, 0.4) is 0 Å². The molecule has 6 nitrogen and oxygen atoms in total. The number of rotatable bonds is 4. The van der Waals surface area contributed by atoms with Gasteiger partial charge in [-0.25, -0.2) is 0 Å². The summed E-state index contributed by atoms with van der Waals surface area (Å²) in [4.78, 5) is 22.0. The number of nitrogens with zero attached hydrogens (tertiary/aromatic N) is 3. The van der Waals surface area contributed by atoms with Crippen molar-refractivity contribution in [1.82, 2.24) is 9.88 Å². The minimum absolute atomic E-state index is 0. The van der Waals surface area contributed by atoms with Crippen LogP contribution in [-0.4, -0.2) is 39.6 Å². The average Bonchev–Trinajstić information content (AvgIpc) is 2.36. The van der Waals surface area contributed by atoms with Crippen molar-refractivity contribution in [1.29, 1.82) is 0 Å². The minimum Gasteiger partial charge on any atom is -0.595 e. The van der Waals surface area contributed by atoms with Gasteiger partial charge in [-0.15, -0.1) is 12.1 Å². The fourth-order valence-electron chi connectivity index (χ4n) is 2.10. The number of carbonyl (C=O) groups is 1. The minimum atomic E-state index is -0.697. The Bertz CT molecular complexity index is 559. The summed E-state index contributed by atoms with van der Waals surface area (Å²) in [7, 11) is 0. The van der Waals surface area contributed by atoms with Crippen LogP contribution in [0, 0.1) is 6.07 Å². The summed E-state index contributed by atoms with van der Waals surface area (Å²) < 4.78 is 5.10. The monoisotopic (exact) mass is 333 g/mol. The fraction of sp³-hybridized carbons (Fsp3) is 0.588. The second kappa shape index (κ2) is 10.9. The zero-order chi connectivity index (χ0) is 17.8.